The van der Waals surface area contributed by atoms with E-state index in [0.717, 1.165) is 12.2 Å². The molecule has 0 unspecified atom stereocenters. The minimum Gasteiger partial charge on any atom is -0.360 e. The highest BCUT2D eigenvalue weighted by molar-refractivity contribution is 8.13. The normalized spacial score (nSPS) is 23.6. The Hall–Kier alpha value is -0.460. The van der Waals surface area contributed by atoms with Crippen LogP contribution in [0.1, 0.15) is 20.3 Å². The molecule has 1 saturated heterocycles. The van der Waals surface area contributed by atoms with E-state index in [1.54, 1.807) is 0 Å². The van der Waals surface area contributed by atoms with Gasteiger partial charge in [-0.05, 0) is 20.3 Å². The zero-order valence-corrected chi connectivity index (χ0v) is 9.88. The van der Waals surface area contributed by atoms with E-state index in [-0.39, 0.29) is 5.54 Å². The largest absolute Gasteiger partial charge is 0.360 e. The van der Waals surface area contributed by atoms with Crippen LogP contribution in [0.15, 0.2) is 4.99 Å². The summed E-state index contributed by atoms with van der Waals surface area (Å²) in [6.07, 6.45) is -2.79. The second-order valence-electron chi connectivity index (χ2n) is 4.29. The number of thioether (sulfide) groups is 1. The van der Waals surface area contributed by atoms with Crippen LogP contribution in [0.5, 0.6) is 0 Å². The van der Waals surface area contributed by atoms with Gasteiger partial charge in [0.1, 0.15) is 6.54 Å². The van der Waals surface area contributed by atoms with Crippen LogP contribution < -0.4 is 5.32 Å². The molecule has 1 fully saturated rings. The molecule has 0 atom stereocenters. The molecule has 0 bridgehead atoms. The maximum Gasteiger partial charge on any atom is 0.326 e. The molecule has 0 radical (unpaired) electrons. The monoisotopic (exact) mass is 258 g/mol. The summed E-state index contributed by atoms with van der Waals surface area (Å²) in [4.78, 5) is 3.51. The first kappa shape index (κ1) is 13.6. The van der Waals surface area contributed by atoms with E-state index in [0.29, 0.717) is 5.17 Å². The lowest BCUT2D eigenvalue weighted by Gasteiger charge is -2.32. The molecule has 1 N–H and O–H groups in total. The molecule has 0 aromatic carbocycles. The molecule has 2 nitrogen and oxygen atoms in total. The van der Waals surface area contributed by atoms with Gasteiger partial charge < -0.3 is 5.32 Å². The van der Waals surface area contributed by atoms with Gasteiger partial charge in [0.25, 0.3) is 0 Å². The molecule has 16 heavy (non-hydrogen) atoms. The number of hydrogen-bond acceptors (Lipinski definition) is 2. The van der Waals surface area contributed by atoms with E-state index in [2.05, 4.69) is 10.3 Å². The Morgan fingerprint density at radius 1 is 1.50 bits per heavy atom. The number of alkyl halides is 4. The van der Waals surface area contributed by atoms with Crippen LogP contribution in [-0.4, -0.2) is 35.4 Å². The van der Waals surface area contributed by atoms with Crippen molar-refractivity contribution in [3.05, 3.63) is 0 Å². The fourth-order valence-corrected chi connectivity index (χ4v) is 2.43. The molecule has 0 spiro atoms. The van der Waals surface area contributed by atoms with Crippen molar-refractivity contribution >= 4 is 16.9 Å². The van der Waals surface area contributed by atoms with E-state index >= 15 is 0 Å². The van der Waals surface area contributed by atoms with Crippen molar-refractivity contribution < 1.29 is 17.6 Å². The van der Waals surface area contributed by atoms with Crippen molar-refractivity contribution in [2.24, 2.45) is 4.99 Å². The van der Waals surface area contributed by atoms with Crippen molar-refractivity contribution in [1.82, 2.24) is 5.32 Å². The molecule has 0 aromatic heterocycles. The lowest BCUT2D eigenvalue weighted by molar-refractivity contribution is -0.119. The molecule has 94 valence electrons. The van der Waals surface area contributed by atoms with Gasteiger partial charge in [-0.25, -0.2) is 8.78 Å². The Morgan fingerprint density at radius 3 is 2.62 bits per heavy atom. The number of nitrogens with zero attached hydrogens (tertiary/aromatic N) is 1. The summed E-state index contributed by atoms with van der Waals surface area (Å²) in [6, 6.07) is 0. The van der Waals surface area contributed by atoms with Gasteiger partial charge in [0.15, 0.2) is 5.17 Å². The number of nitrogens with one attached hydrogen (secondary N) is 1. The molecule has 0 saturated carbocycles. The summed E-state index contributed by atoms with van der Waals surface area (Å²) in [5, 5.41) is 3.26. The van der Waals surface area contributed by atoms with Crippen molar-refractivity contribution in [2.45, 2.75) is 38.2 Å². The average Bonchev–Trinajstić information content (AvgIpc) is 2.13. The second-order valence-corrected chi connectivity index (χ2v) is 5.37. The third kappa shape index (κ3) is 3.84. The first-order chi connectivity index (χ1) is 7.23. The Balaban J connectivity index is 2.58. The molecule has 1 heterocycles. The third-order valence-corrected chi connectivity index (χ3v) is 3.08. The number of hydrogen-bond donors (Lipinski definition) is 1. The number of amidine groups is 1. The van der Waals surface area contributed by atoms with Gasteiger partial charge in [-0.15, -0.1) is 0 Å². The minimum absolute atomic E-state index is 0.218. The maximum atomic E-state index is 12.6. The van der Waals surface area contributed by atoms with Gasteiger partial charge in [-0.1, -0.05) is 11.8 Å². The van der Waals surface area contributed by atoms with Gasteiger partial charge >= 0.3 is 12.3 Å². The maximum absolute atomic E-state index is 12.6. The van der Waals surface area contributed by atoms with Crippen molar-refractivity contribution in [3.8, 4) is 0 Å². The van der Waals surface area contributed by atoms with E-state index in [4.69, 9.17) is 0 Å². The highest BCUT2D eigenvalue weighted by Crippen LogP contribution is 2.25. The molecule has 0 aromatic rings. The van der Waals surface area contributed by atoms with Crippen LogP contribution in [0.2, 0.25) is 0 Å². The zero-order valence-electron chi connectivity index (χ0n) is 9.07. The fraction of sp³-hybridized carbons (Fsp3) is 0.889. The van der Waals surface area contributed by atoms with Crippen LogP contribution in [0, 0.1) is 0 Å². The van der Waals surface area contributed by atoms with Gasteiger partial charge in [0.05, 0.1) is 0 Å². The predicted octanol–water partition coefficient (Wildman–Crippen LogP) is 2.75. The summed E-state index contributed by atoms with van der Waals surface area (Å²) in [7, 11) is 0. The summed E-state index contributed by atoms with van der Waals surface area (Å²) >= 11 is 1.28. The quantitative estimate of drug-likeness (QED) is 0.787. The topological polar surface area (TPSA) is 24.4 Å². The van der Waals surface area contributed by atoms with E-state index in [1.807, 2.05) is 13.8 Å². The van der Waals surface area contributed by atoms with Crippen LogP contribution in [-0.2, 0) is 0 Å². The van der Waals surface area contributed by atoms with Crippen LogP contribution in [0.25, 0.3) is 0 Å². The average molecular weight is 258 g/mol. The van der Waals surface area contributed by atoms with Gasteiger partial charge in [-0.3, -0.25) is 4.99 Å². The lowest BCUT2D eigenvalue weighted by Crippen LogP contribution is -2.46. The van der Waals surface area contributed by atoms with E-state index in [9.17, 15) is 17.6 Å². The highest BCUT2D eigenvalue weighted by atomic mass is 32.2. The van der Waals surface area contributed by atoms with Crippen LogP contribution in [0.4, 0.5) is 17.6 Å². The Bertz CT molecular complexity index is 279. The first-order valence-corrected chi connectivity index (χ1v) is 5.83. The lowest BCUT2D eigenvalue weighted by atomic mass is 10.0. The molecule has 0 amide bonds. The van der Waals surface area contributed by atoms with Crippen LogP contribution in [0.3, 0.4) is 0 Å². The highest BCUT2D eigenvalue weighted by Gasteiger charge is 2.40. The Morgan fingerprint density at radius 2 is 2.12 bits per heavy atom. The summed E-state index contributed by atoms with van der Waals surface area (Å²) in [6.45, 7) is 2.65. The second kappa shape index (κ2) is 4.81. The summed E-state index contributed by atoms with van der Waals surface area (Å²) in [5.41, 5.74) is -0.218. The molecule has 1 rings (SSSR count). The first-order valence-electron chi connectivity index (χ1n) is 4.84. The Labute approximate surface area is 95.9 Å². The summed E-state index contributed by atoms with van der Waals surface area (Å²) in [5.74, 6) is -3.30. The molecule has 1 aliphatic rings. The third-order valence-electron chi connectivity index (χ3n) is 2.16. The molecular weight excluding hydrogens is 244 g/mol. The molecular formula is C9H14F4N2S. The van der Waals surface area contributed by atoms with Crippen LogP contribution >= 0.6 is 11.8 Å². The number of rotatable bonds is 3. The van der Waals surface area contributed by atoms with Crippen molar-refractivity contribution in [1.29, 1.82) is 0 Å². The smallest absolute Gasteiger partial charge is 0.326 e. The zero-order chi connectivity index (χ0) is 12.4. The van der Waals surface area contributed by atoms with Gasteiger partial charge in [0, 0.05) is 11.3 Å². The fourth-order valence-electron chi connectivity index (χ4n) is 1.12. The van der Waals surface area contributed by atoms with Crippen molar-refractivity contribution in [2.75, 3.05) is 12.3 Å². The van der Waals surface area contributed by atoms with Crippen molar-refractivity contribution in [3.63, 3.8) is 0 Å². The number of halogens is 4. The van der Waals surface area contributed by atoms with E-state index < -0.39 is 18.9 Å². The van der Waals surface area contributed by atoms with E-state index in [1.165, 1.54) is 11.8 Å². The molecule has 1 aliphatic heterocycles. The SMILES string of the molecule is CC1(C)CCSC(=NCC(F)(F)C(F)F)N1. The predicted molar refractivity (Wildman–Crippen MR) is 57.5 cm³/mol. The molecule has 7 heteroatoms. The molecule has 0 aliphatic carbocycles. The number of aliphatic imine (C=N–C) groups is 1. The van der Waals surface area contributed by atoms with Gasteiger partial charge in [-0.2, -0.15) is 8.78 Å². The minimum atomic E-state index is -4.04. The Kier molecular flexibility index (Phi) is 4.09. The van der Waals surface area contributed by atoms with Gasteiger partial charge in [0.2, 0.25) is 0 Å². The standard InChI is InChI=1S/C9H14F4N2S/c1-8(2)3-4-16-7(15-8)14-5-9(12,13)6(10)11/h6H,3-5H2,1-2H3,(H,14,15). The summed E-state index contributed by atoms with van der Waals surface area (Å²) < 4.78 is 48.9.